The van der Waals surface area contributed by atoms with Gasteiger partial charge in [0.1, 0.15) is 0 Å². The maximum Gasteiger partial charge on any atom is 0.292 e. The lowest BCUT2D eigenvalue weighted by Gasteiger charge is -2.03. The van der Waals surface area contributed by atoms with Gasteiger partial charge in [-0.3, -0.25) is 9.52 Å². The van der Waals surface area contributed by atoms with Gasteiger partial charge in [-0.1, -0.05) is 0 Å². The van der Waals surface area contributed by atoms with E-state index in [4.69, 9.17) is 5.26 Å². The van der Waals surface area contributed by atoms with Gasteiger partial charge in [0.25, 0.3) is 5.56 Å². The number of nitriles is 1. The number of rotatable bonds is 2. The van der Waals surface area contributed by atoms with Crippen molar-refractivity contribution in [2.45, 2.75) is 0 Å². The van der Waals surface area contributed by atoms with E-state index in [1.165, 1.54) is 18.2 Å². The van der Waals surface area contributed by atoms with E-state index in [0.29, 0.717) is 16.6 Å². The fourth-order valence-corrected chi connectivity index (χ4v) is 1.89. The Morgan fingerprint density at radius 2 is 2.17 bits per heavy atom. The third kappa shape index (κ3) is 2.46. The van der Waals surface area contributed by atoms with Crippen LogP contribution in [0.4, 0.5) is 5.82 Å². The van der Waals surface area contributed by atoms with Crippen molar-refractivity contribution in [1.29, 1.82) is 5.26 Å². The lowest BCUT2D eigenvalue weighted by Crippen LogP contribution is -2.20. The molecule has 8 heteroatoms. The Kier molecular flexibility index (Phi) is 2.76. The highest BCUT2D eigenvalue weighted by atomic mass is 32.2. The Morgan fingerprint density at radius 1 is 1.44 bits per heavy atom. The summed E-state index contributed by atoms with van der Waals surface area (Å²) in [5.41, 5.74) is 0.477. The van der Waals surface area contributed by atoms with Crippen LogP contribution in [-0.2, 0) is 10.0 Å². The Morgan fingerprint density at radius 3 is 2.78 bits per heavy atom. The number of hydrogen-bond donors (Lipinski definition) is 2. The van der Waals surface area contributed by atoms with Gasteiger partial charge in [0.15, 0.2) is 0 Å². The number of H-pyrrole nitrogens is 1. The molecule has 0 unspecified atom stereocenters. The number of aromatic nitrogens is 2. The average molecular weight is 264 g/mol. The van der Waals surface area contributed by atoms with Crippen molar-refractivity contribution in [2.24, 2.45) is 0 Å². The molecule has 92 valence electrons. The molecule has 0 aliphatic heterocycles. The van der Waals surface area contributed by atoms with Gasteiger partial charge in [0.05, 0.1) is 28.9 Å². The van der Waals surface area contributed by atoms with Crippen molar-refractivity contribution >= 4 is 26.9 Å². The molecule has 0 atom stereocenters. The summed E-state index contributed by atoms with van der Waals surface area (Å²) in [6.45, 7) is 0. The number of nitrogens with zero attached hydrogens (tertiary/aromatic N) is 2. The molecule has 0 saturated heterocycles. The van der Waals surface area contributed by atoms with E-state index in [9.17, 15) is 13.2 Å². The van der Waals surface area contributed by atoms with Crippen molar-refractivity contribution in [3.63, 3.8) is 0 Å². The number of aromatic amines is 1. The molecule has 1 aromatic heterocycles. The number of sulfonamides is 1. The zero-order chi connectivity index (χ0) is 13.3. The molecule has 0 aliphatic carbocycles. The first-order chi connectivity index (χ1) is 8.39. The number of anilines is 1. The minimum Gasteiger partial charge on any atom is -0.317 e. The van der Waals surface area contributed by atoms with Crippen LogP contribution < -0.4 is 10.3 Å². The molecule has 0 bridgehead atoms. The maximum absolute atomic E-state index is 11.6. The van der Waals surface area contributed by atoms with E-state index in [-0.39, 0.29) is 5.82 Å². The number of benzene rings is 1. The van der Waals surface area contributed by atoms with E-state index < -0.39 is 15.6 Å². The van der Waals surface area contributed by atoms with E-state index in [1.54, 1.807) is 0 Å². The first-order valence-electron chi connectivity index (χ1n) is 4.81. The fraction of sp³-hybridized carbons (Fsp3) is 0.100. The molecule has 2 rings (SSSR count). The van der Waals surface area contributed by atoms with Gasteiger partial charge in [0.2, 0.25) is 15.8 Å². The molecule has 0 fully saturated rings. The zero-order valence-electron chi connectivity index (χ0n) is 9.26. The van der Waals surface area contributed by atoms with Crippen LogP contribution in [0, 0.1) is 11.3 Å². The Balaban J connectivity index is 2.64. The molecule has 0 spiro atoms. The number of fused-ring (bicyclic) bond motifs is 1. The topological polar surface area (TPSA) is 116 Å². The Hall–Kier alpha value is -2.40. The van der Waals surface area contributed by atoms with Crippen molar-refractivity contribution in [1.82, 2.24) is 9.97 Å². The van der Waals surface area contributed by atoms with Gasteiger partial charge in [-0.25, -0.2) is 13.4 Å². The molecule has 2 N–H and O–H groups in total. The Labute approximate surface area is 102 Å². The summed E-state index contributed by atoms with van der Waals surface area (Å²) in [5, 5.41) is 8.72. The second-order valence-corrected chi connectivity index (χ2v) is 5.38. The molecule has 1 aromatic carbocycles. The third-order valence-corrected chi connectivity index (χ3v) is 2.67. The van der Waals surface area contributed by atoms with Crippen molar-refractivity contribution in [2.75, 3.05) is 11.0 Å². The molecular weight excluding hydrogens is 256 g/mol. The summed E-state index contributed by atoms with van der Waals surface area (Å²) in [6.07, 6.45) is 0.928. The highest BCUT2D eigenvalue weighted by Gasteiger charge is 2.09. The quantitative estimate of drug-likeness (QED) is 0.801. The fourth-order valence-electron chi connectivity index (χ4n) is 1.40. The Bertz CT molecular complexity index is 817. The summed E-state index contributed by atoms with van der Waals surface area (Å²) in [4.78, 5) is 17.9. The largest absolute Gasteiger partial charge is 0.317 e. The second-order valence-electron chi connectivity index (χ2n) is 3.63. The van der Waals surface area contributed by atoms with Crippen LogP contribution in [0.2, 0.25) is 0 Å². The summed E-state index contributed by atoms with van der Waals surface area (Å²) in [7, 11) is -3.57. The minimum absolute atomic E-state index is 0.297. The van der Waals surface area contributed by atoms with Crippen LogP contribution in [0.1, 0.15) is 5.56 Å². The van der Waals surface area contributed by atoms with Crippen LogP contribution in [0.25, 0.3) is 11.0 Å². The molecule has 2 aromatic rings. The summed E-state index contributed by atoms with van der Waals surface area (Å²) >= 11 is 0. The van der Waals surface area contributed by atoms with Crippen LogP contribution >= 0.6 is 0 Å². The van der Waals surface area contributed by atoms with Crippen LogP contribution in [-0.4, -0.2) is 24.6 Å². The number of nitrogens with one attached hydrogen (secondary N) is 2. The maximum atomic E-state index is 11.6. The zero-order valence-corrected chi connectivity index (χ0v) is 10.1. The van der Waals surface area contributed by atoms with E-state index in [0.717, 1.165) is 6.26 Å². The second kappa shape index (κ2) is 4.12. The first-order valence-corrected chi connectivity index (χ1v) is 6.70. The van der Waals surface area contributed by atoms with Gasteiger partial charge in [0, 0.05) is 0 Å². The number of hydrogen-bond acceptors (Lipinski definition) is 5. The summed E-state index contributed by atoms with van der Waals surface area (Å²) < 4.78 is 24.1. The van der Waals surface area contributed by atoms with Crippen LogP contribution in [0.3, 0.4) is 0 Å². The smallest absolute Gasteiger partial charge is 0.292 e. The summed E-state index contributed by atoms with van der Waals surface area (Å²) in [6, 6.07) is 6.45. The first kappa shape index (κ1) is 12.1. The van der Waals surface area contributed by atoms with Crippen molar-refractivity contribution in [3.8, 4) is 6.07 Å². The monoisotopic (exact) mass is 264 g/mol. The van der Waals surface area contributed by atoms with Gasteiger partial charge in [-0.2, -0.15) is 5.26 Å². The van der Waals surface area contributed by atoms with E-state index >= 15 is 0 Å². The van der Waals surface area contributed by atoms with Gasteiger partial charge < -0.3 is 4.98 Å². The molecule has 0 saturated carbocycles. The van der Waals surface area contributed by atoms with Gasteiger partial charge in [-0.15, -0.1) is 0 Å². The molecule has 0 radical (unpaired) electrons. The average Bonchev–Trinajstić information content (AvgIpc) is 2.27. The van der Waals surface area contributed by atoms with Crippen molar-refractivity contribution < 1.29 is 8.42 Å². The predicted octanol–water partition coefficient (Wildman–Crippen LogP) is 0.166. The summed E-state index contributed by atoms with van der Waals surface area (Å²) in [5.74, 6) is -0.297. The highest BCUT2D eigenvalue weighted by molar-refractivity contribution is 7.92. The molecule has 18 heavy (non-hydrogen) atoms. The minimum atomic E-state index is -3.57. The van der Waals surface area contributed by atoms with E-state index in [2.05, 4.69) is 9.97 Å². The molecule has 0 amide bonds. The van der Waals surface area contributed by atoms with Crippen molar-refractivity contribution in [3.05, 3.63) is 34.1 Å². The van der Waals surface area contributed by atoms with Crippen LogP contribution in [0.5, 0.6) is 0 Å². The third-order valence-electron chi connectivity index (χ3n) is 2.10. The van der Waals surface area contributed by atoms with Crippen LogP contribution in [0.15, 0.2) is 23.0 Å². The highest BCUT2D eigenvalue weighted by Crippen LogP contribution is 2.11. The lowest BCUT2D eigenvalue weighted by atomic mass is 10.2. The lowest BCUT2D eigenvalue weighted by molar-refractivity contribution is 0.606. The molecule has 7 nitrogen and oxygen atoms in total. The van der Waals surface area contributed by atoms with Gasteiger partial charge in [-0.05, 0) is 18.2 Å². The van der Waals surface area contributed by atoms with E-state index in [1.807, 2.05) is 10.8 Å². The normalized spacial score (nSPS) is 11.1. The molecule has 1 heterocycles. The van der Waals surface area contributed by atoms with Gasteiger partial charge >= 0.3 is 0 Å². The SMILES string of the molecule is CS(=O)(=O)Nc1nc2ccc(C#N)cc2[nH]c1=O. The molecule has 0 aliphatic rings. The predicted molar refractivity (Wildman–Crippen MR) is 65.5 cm³/mol. The standard InChI is InChI=1S/C10H8N4O3S/c1-18(16,17)14-9-10(15)13-8-4-6(5-11)2-3-7(8)12-9/h2-4H,1H3,(H,12,14)(H,13,15). The molecular formula is C10H8N4O3S.